The van der Waals surface area contributed by atoms with Gasteiger partial charge >= 0.3 is 0 Å². The first kappa shape index (κ1) is 17.9. The van der Waals surface area contributed by atoms with Crippen LogP contribution in [0.1, 0.15) is 5.56 Å². The summed E-state index contributed by atoms with van der Waals surface area (Å²) >= 11 is 6.66. The molecule has 0 aliphatic carbocycles. The standard InChI is InChI=1S/C14H14ClFN2O3S2/c1-18(23(20,21)14-6-5-12(15)22-14)9-13(19)17-8-10-3-2-4-11(16)7-10/h2-7H,8-9H2,1H3,(H,17,19). The van der Waals surface area contributed by atoms with E-state index < -0.39 is 21.7 Å². The number of hydrogen-bond donors (Lipinski definition) is 1. The van der Waals surface area contributed by atoms with Gasteiger partial charge in [-0.15, -0.1) is 11.3 Å². The van der Waals surface area contributed by atoms with Crippen molar-refractivity contribution >= 4 is 38.9 Å². The second-order valence-corrected chi connectivity index (χ2v) is 8.71. The lowest BCUT2D eigenvalue weighted by atomic mass is 10.2. The Bertz CT molecular complexity index is 808. The molecule has 0 fully saturated rings. The zero-order valence-corrected chi connectivity index (χ0v) is 14.5. The van der Waals surface area contributed by atoms with Gasteiger partial charge in [-0.3, -0.25) is 4.79 Å². The Kier molecular flexibility index (Phi) is 5.74. The van der Waals surface area contributed by atoms with Crippen LogP contribution in [-0.2, 0) is 21.4 Å². The van der Waals surface area contributed by atoms with Crippen LogP contribution in [0.3, 0.4) is 0 Å². The molecule has 9 heteroatoms. The summed E-state index contributed by atoms with van der Waals surface area (Å²) in [6.07, 6.45) is 0. The third kappa shape index (κ3) is 4.74. The average Bonchev–Trinajstić information content (AvgIpc) is 2.92. The van der Waals surface area contributed by atoms with Crippen molar-refractivity contribution in [3.8, 4) is 0 Å². The number of thiophene rings is 1. The zero-order chi connectivity index (χ0) is 17.0. The number of amides is 1. The van der Waals surface area contributed by atoms with E-state index in [1.165, 1.54) is 37.4 Å². The molecular weight excluding hydrogens is 363 g/mol. The van der Waals surface area contributed by atoms with Gasteiger partial charge in [-0.25, -0.2) is 12.8 Å². The smallest absolute Gasteiger partial charge is 0.252 e. The van der Waals surface area contributed by atoms with Crippen LogP contribution in [0.4, 0.5) is 4.39 Å². The maximum Gasteiger partial charge on any atom is 0.252 e. The Morgan fingerprint density at radius 2 is 2.09 bits per heavy atom. The predicted octanol–water partition coefficient (Wildman–Crippen LogP) is 2.48. The predicted molar refractivity (Wildman–Crippen MR) is 87.4 cm³/mol. The van der Waals surface area contributed by atoms with E-state index in [1.54, 1.807) is 6.07 Å². The molecule has 0 aliphatic heterocycles. The summed E-state index contributed by atoms with van der Waals surface area (Å²) in [5, 5.41) is 2.55. The van der Waals surface area contributed by atoms with E-state index in [0.717, 1.165) is 15.6 Å². The summed E-state index contributed by atoms with van der Waals surface area (Å²) in [5.41, 5.74) is 0.592. The molecule has 0 bridgehead atoms. The highest BCUT2D eigenvalue weighted by Gasteiger charge is 2.24. The Labute approximate surface area is 142 Å². The van der Waals surface area contributed by atoms with Gasteiger partial charge in [-0.05, 0) is 29.8 Å². The van der Waals surface area contributed by atoms with E-state index in [2.05, 4.69) is 5.32 Å². The highest BCUT2D eigenvalue weighted by molar-refractivity contribution is 7.91. The second-order valence-electron chi connectivity index (χ2n) is 4.73. The molecule has 2 aromatic rings. The van der Waals surface area contributed by atoms with Gasteiger partial charge < -0.3 is 5.32 Å². The molecule has 0 aliphatic rings. The molecule has 0 atom stereocenters. The van der Waals surface area contributed by atoms with Gasteiger partial charge in [0.15, 0.2) is 0 Å². The monoisotopic (exact) mass is 376 g/mol. The van der Waals surface area contributed by atoms with Crippen molar-refractivity contribution in [1.82, 2.24) is 9.62 Å². The van der Waals surface area contributed by atoms with Gasteiger partial charge in [-0.2, -0.15) is 4.31 Å². The highest BCUT2D eigenvalue weighted by Crippen LogP contribution is 2.27. The molecule has 5 nitrogen and oxygen atoms in total. The second kappa shape index (κ2) is 7.39. The molecule has 1 aromatic heterocycles. The van der Waals surface area contributed by atoms with E-state index in [9.17, 15) is 17.6 Å². The summed E-state index contributed by atoms with van der Waals surface area (Å²) in [4.78, 5) is 11.9. The molecule has 23 heavy (non-hydrogen) atoms. The molecule has 0 saturated carbocycles. The van der Waals surface area contributed by atoms with Crippen LogP contribution in [0.25, 0.3) is 0 Å². The van der Waals surface area contributed by atoms with Gasteiger partial charge in [0.05, 0.1) is 10.9 Å². The van der Waals surface area contributed by atoms with Crippen molar-refractivity contribution in [3.63, 3.8) is 0 Å². The summed E-state index contributed by atoms with van der Waals surface area (Å²) in [7, 11) is -2.45. The summed E-state index contributed by atoms with van der Waals surface area (Å²) in [5.74, 6) is -0.881. The molecule has 0 unspecified atom stereocenters. The number of nitrogens with zero attached hydrogens (tertiary/aromatic N) is 1. The molecule has 0 radical (unpaired) electrons. The van der Waals surface area contributed by atoms with Crippen molar-refractivity contribution in [2.45, 2.75) is 10.8 Å². The third-order valence-corrected chi connectivity index (χ3v) is 6.46. The Morgan fingerprint density at radius 1 is 1.35 bits per heavy atom. The van der Waals surface area contributed by atoms with Crippen LogP contribution in [0.2, 0.25) is 4.34 Å². The van der Waals surface area contributed by atoms with Crippen LogP contribution in [-0.4, -0.2) is 32.2 Å². The maximum absolute atomic E-state index is 13.0. The number of carbonyl (C=O) groups excluding carboxylic acids is 1. The van der Waals surface area contributed by atoms with Crippen molar-refractivity contribution in [2.75, 3.05) is 13.6 Å². The van der Waals surface area contributed by atoms with Gasteiger partial charge in [-0.1, -0.05) is 23.7 Å². The van der Waals surface area contributed by atoms with Gasteiger partial charge in [0.25, 0.3) is 10.0 Å². The Hall–Kier alpha value is -1.48. The van der Waals surface area contributed by atoms with Crippen LogP contribution in [0.15, 0.2) is 40.6 Å². The van der Waals surface area contributed by atoms with Crippen molar-refractivity contribution in [2.24, 2.45) is 0 Å². The SMILES string of the molecule is CN(CC(=O)NCc1cccc(F)c1)S(=O)(=O)c1ccc(Cl)s1. The van der Waals surface area contributed by atoms with Crippen molar-refractivity contribution < 1.29 is 17.6 Å². The largest absolute Gasteiger partial charge is 0.351 e. The minimum Gasteiger partial charge on any atom is -0.351 e. The third-order valence-electron chi connectivity index (χ3n) is 2.96. The maximum atomic E-state index is 13.0. The number of sulfonamides is 1. The van der Waals surface area contributed by atoms with E-state index >= 15 is 0 Å². The molecule has 124 valence electrons. The topological polar surface area (TPSA) is 66.5 Å². The van der Waals surface area contributed by atoms with E-state index in [0.29, 0.717) is 9.90 Å². The van der Waals surface area contributed by atoms with E-state index in [1.807, 2.05) is 0 Å². The molecule has 0 saturated heterocycles. The summed E-state index contributed by atoms with van der Waals surface area (Å²) < 4.78 is 38.9. The number of likely N-dealkylation sites (N-methyl/N-ethyl adjacent to an activating group) is 1. The first-order valence-electron chi connectivity index (χ1n) is 6.52. The first-order valence-corrected chi connectivity index (χ1v) is 9.15. The van der Waals surface area contributed by atoms with Crippen molar-refractivity contribution in [1.29, 1.82) is 0 Å². The van der Waals surface area contributed by atoms with Crippen molar-refractivity contribution in [3.05, 3.63) is 52.1 Å². The fourth-order valence-corrected chi connectivity index (χ4v) is 4.60. The lowest BCUT2D eigenvalue weighted by molar-refractivity contribution is -0.121. The number of halogens is 2. The molecule has 1 amide bonds. The quantitative estimate of drug-likeness (QED) is 0.842. The van der Waals surface area contributed by atoms with Gasteiger partial charge in [0, 0.05) is 13.6 Å². The average molecular weight is 377 g/mol. The molecule has 0 spiro atoms. The van der Waals surface area contributed by atoms with Crippen LogP contribution >= 0.6 is 22.9 Å². The number of carbonyl (C=O) groups is 1. The van der Waals surface area contributed by atoms with Gasteiger partial charge in [0.1, 0.15) is 10.0 Å². The summed E-state index contributed by atoms with van der Waals surface area (Å²) in [6, 6.07) is 8.68. The minimum atomic E-state index is -3.76. The minimum absolute atomic E-state index is 0.0722. The fourth-order valence-electron chi connectivity index (χ4n) is 1.78. The van der Waals surface area contributed by atoms with Crippen LogP contribution in [0, 0.1) is 5.82 Å². The Morgan fingerprint density at radius 3 is 2.70 bits per heavy atom. The fraction of sp³-hybridized carbons (Fsp3) is 0.214. The number of nitrogens with one attached hydrogen (secondary N) is 1. The number of hydrogen-bond acceptors (Lipinski definition) is 4. The van der Waals surface area contributed by atoms with Crippen LogP contribution in [0.5, 0.6) is 0 Å². The van der Waals surface area contributed by atoms with Crippen LogP contribution < -0.4 is 5.32 Å². The Balaban J connectivity index is 1.94. The normalized spacial score (nSPS) is 11.7. The molecule has 1 N–H and O–H groups in total. The molecule has 2 rings (SSSR count). The summed E-state index contributed by atoms with van der Waals surface area (Å²) in [6.45, 7) is -0.220. The van der Waals surface area contributed by atoms with E-state index in [-0.39, 0.29) is 17.3 Å². The van der Waals surface area contributed by atoms with E-state index in [4.69, 9.17) is 11.6 Å². The highest BCUT2D eigenvalue weighted by atomic mass is 35.5. The molecule has 1 aromatic carbocycles. The molecule has 1 heterocycles. The number of benzene rings is 1. The lowest BCUT2D eigenvalue weighted by Crippen LogP contribution is -2.37. The number of rotatable bonds is 6. The first-order chi connectivity index (χ1) is 10.8. The lowest BCUT2D eigenvalue weighted by Gasteiger charge is -2.15. The van der Waals surface area contributed by atoms with Gasteiger partial charge in [0.2, 0.25) is 5.91 Å². The zero-order valence-electron chi connectivity index (χ0n) is 12.1. The molecular formula is C14H14ClFN2O3S2.